The standard InChI is InChI=1S/C22H138O45Si46/c1-12-13-14-15-16-17-18-19-20-21-22-98(10,50)102(81-36,53-69-24)66-113(110(92-47,93-48)59-75-30,111(60-76-31,99(11,51)94(2)3)107(86-41,87-42)56-72-27)104(63-97(8,9)62-96(5,6)7,112(108(88-43,89-44)57-73-28,109(90-45,91-46)58-74-29)65-100(77-32,78-33)52-68-23)67-103(105(82-37,83-38)54-70-25,106(84-39,85-40)55-71-26)64-101(79-34,80-35)61-95(4)49/h23-51,94-95H,12-22,68-93H2,1-11H3. The van der Waals surface area contributed by atoms with E-state index in [1.165, 1.54) is 39.3 Å². The zero-order valence-corrected chi connectivity index (χ0v) is 124. The van der Waals surface area contributed by atoms with Crippen molar-refractivity contribution in [1.29, 1.82) is 0 Å². The van der Waals surface area contributed by atoms with Gasteiger partial charge in [-0.25, -0.2) is 0 Å². The number of hydrogen-bond acceptors (Lipinski definition) is 45. The lowest BCUT2D eigenvalue weighted by atomic mass is 10.1. The molecule has 29 N–H and O–H groups in total. The van der Waals surface area contributed by atoms with Crippen LogP contribution in [0.25, 0.3) is 0 Å². The fraction of sp³-hybridized carbons (Fsp3) is 1.00. The minimum atomic E-state index is -8.25. The zero-order valence-electron chi connectivity index (χ0n) is 66.8. The molecule has 0 aromatic rings. The Hall–Kier alpha value is 8.18. The topological polar surface area (TPSA) is 734 Å². The van der Waals surface area contributed by atoms with Crippen molar-refractivity contribution in [3.05, 3.63) is 0 Å². The molecule has 0 radical (unpaired) electrons. The molecule has 0 aliphatic carbocycles. The molecule has 0 heterocycles. The first-order chi connectivity index (χ1) is 53.0. The lowest BCUT2D eigenvalue weighted by molar-refractivity contribution is 0.289. The van der Waals surface area contributed by atoms with Gasteiger partial charge < -0.3 is 205 Å². The van der Waals surface area contributed by atoms with Crippen molar-refractivity contribution in [2.75, 3.05) is 0 Å². The molecule has 7 unspecified atom stereocenters. The number of unbranched alkanes of at least 4 members (excludes halogenated alkanes) is 9. The largest absolute Gasteiger partial charge is 0.442 e. The Morgan fingerprint density at radius 3 is 0.894 bits per heavy atom. The highest BCUT2D eigenvalue weighted by Crippen LogP contribution is 2.58. The molecule has 113 heavy (non-hydrogen) atoms. The van der Waals surface area contributed by atoms with Crippen LogP contribution in [0, 0.1) is 0 Å². The first-order valence-electron chi connectivity index (χ1n) is 36.6. The maximum absolute atomic E-state index is 15.8. The van der Waals surface area contributed by atoms with Crippen molar-refractivity contribution in [2.45, 2.75) is 143 Å². The van der Waals surface area contributed by atoms with E-state index in [2.05, 4.69) is 6.92 Å². The van der Waals surface area contributed by atoms with Gasteiger partial charge in [0.1, 0.15) is 0 Å². The van der Waals surface area contributed by atoms with Gasteiger partial charge in [0.25, 0.3) is 118 Å². The molecule has 0 aromatic carbocycles. The average molecular weight is 2420 g/mol. The highest BCUT2D eigenvalue weighted by atomic mass is 30.5. The molecule has 0 bridgehead atoms. The van der Waals surface area contributed by atoms with Crippen LogP contribution in [0.1, 0.15) is 71.1 Å². The van der Waals surface area contributed by atoms with Gasteiger partial charge in [0.15, 0.2) is 127 Å². The second kappa shape index (κ2) is 55.6. The molecule has 0 aliphatic rings. The van der Waals surface area contributed by atoms with Gasteiger partial charge in [0, 0.05) is 0 Å². The van der Waals surface area contributed by atoms with Crippen LogP contribution in [-0.2, 0) is 65.8 Å². The Bertz CT molecular complexity index is 2520. The fourth-order valence-electron chi connectivity index (χ4n) is 15.0. The highest BCUT2D eigenvalue weighted by molar-refractivity contribution is 8.28. The molecule has 0 fully saturated rings. The Kier molecular flexibility index (Phi) is 59.6. The van der Waals surface area contributed by atoms with Crippen LogP contribution < -0.4 is 0 Å². The summed E-state index contributed by atoms with van der Waals surface area (Å²) >= 11 is 0. The SMILES string of the molecule is CCCCCCCCCCCC[Si](C)(O)[Si](O[SiH2]O)(O[Si]([Si](O[SiH2]O)([SiH2]O)[SiH2]O)([Si](O[Si](C)(C)O[Si](C)(C)C)(O[Si](O[Si](O[SiH](C)O)([SiH2]O)[SiH2]O)([Si](O[SiH2]O)([SiH2]O)[SiH2]O)[Si](O[SiH2]O)([SiH2]O)[SiH2]O)[Si](O[Si](O[SiH2]O)([SiH2]O)[SiH2]O)([Si](O[SiH2]O)([SiH2]O)[SiH2]O)[Si](O[SiH2]O)([SiH2]O)[SiH2]O)[Si](O[SiH2]O)([Si](O[SiH2]O)([SiH2]O)[SiH2]O)[Si](C)(O)[SiH](C)C)[SiH2]O. The van der Waals surface area contributed by atoms with E-state index in [1.54, 1.807) is 19.6 Å². The molecule has 0 spiro atoms. The summed E-state index contributed by atoms with van der Waals surface area (Å²) in [6, 6.07) is -0.433. The maximum atomic E-state index is 15.8. The van der Waals surface area contributed by atoms with E-state index < -0.39 is 403 Å². The van der Waals surface area contributed by atoms with Crippen molar-refractivity contribution in [3.8, 4) is 0 Å². The van der Waals surface area contributed by atoms with Crippen LogP contribution in [0.2, 0.25) is 71.5 Å². The third kappa shape index (κ3) is 26.0. The molecule has 680 valence electrons. The Labute approximate surface area is 736 Å². The molecule has 0 aromatic heterocycles. The minimum absolute atomic E-state index is 0.0168. The van der Waals surface area contributed by atoms with E-state index in [0.717, 1.165) is 45.1 Å². The normalized spacial score (nSPS) is 24.6. The summed E-state index contributed by atoms with van der Waals surface area (Å²) in [6.07, 6.45) is 7.23. The van der Waals surface area contributed by atoms with Gasteiger partial charge in [-0.2, -0.15) is 0 Å². The van der Waals surface area contributed by atoms with Gasteiger partial charge in [0.05, 0.1) is 8.31 Å². The van der Waals surface area contributed by atoms with E-state index in [0.29, 0.717) is 19.3 Å². The van der Waals surface area contributed by atoms with E-state index in [-0.39, 0.29) is 6.42 Å². The van der Waals surface area contributed by atoms with Crippen molar-refractivity contribution in [2.24, 2.45) is 0 Å². The number of rotatable bonds is 72. The average Bonchev–Trinajstić information content (AvgIpc) is 0.627. The lowest BCUT2D eigenvalue weighted by Crippen LogP contribution is -3.17. The first kappa shape index (κ1) is 121. The Balaban J connectivity index is 15.3. The van der Waals surface area contributed by atoms with Crippen LogP contribution in [-0.4, -0.2) is 536 Å². The Morgan fingerprint density at radius 2 is 0.602 bits per heavy atom. The summed E-state index contributed by atoms with van der Waals surface area (Å²) in [7, 11) is -157. The second-order valence-electron chi connectivity index (χ2n) is 29.3. The predicted molar refractivity (Wildman–Crippen MR) is 537 cm³/mol. The van der Waals surface area contributed by atoms with Crippen LogP contribution in [0.15, 0.2) is 0 Å². The molecule has 45 nitrogen and oxygen atoms in total. The molecular weight excluding hydrogens is 2280 g/mol. The van der Waals surface area contributed by atoms with Gasteiger partial charge in [-0.3, -0.25) is 0 Å². The molecule has 0 saturated heterocycles. The van der Waals surface area contributed by atoms with Crippen molar-refractivity contribution in [1.82, 2.24) is 0 Å². The smallest absolute Gasteiger partial charge is 0.338 e. The molecule has 0 rings (SSSR count). The van der Waals surface area contributed by atoms with E-state index in [9.17, 15) is 134 Å². The summed E-state index contributed by atoms with van der Waals surface area (Å²) in [6.45, 7) is -43.8. The quantitative estimate of drug-likeness (QED) is 0.0199. The molecule has 0 aliphatic heterocycles. The van der Waals surface area contributed by atoms with Crippen LogP contribution in [0.4, 0.5) is 0 Å². The predicted octanol–water partition coefficient (Wildman–Crippen LogP) is -38.5. The summed E-state index contributed by atoms with van der Waals surface area (Å²) in [5.74, 6) is 0. The lowest BCUT2D eigenvalue weighted by Gasteiger charge is -2.74. The van der Waals surface area contributed by atoms with Gasteiger partial charge >= 0.3 is 55.8 Å². The third-order valence-corrected chi connectivity index (χ3v) is 514. The summed E-state index contributed by atoms with van der Waals surface area (Å²) in [5, 5.41) is 0. The molecule has 91 heteroatoms. The first-order valence-corrected chi connectivity index (χ1v) is 153. The van der Waals surface area contributed by atoms with Crippen molar-refractivity contribution in [3.63, 3.8) is 0 Å². The van der Waals surface area contributed by atoms with Crippen LogP contribution in [0.3, 0.4) is 0 Å². The molecular formula is C22H138O45Si46. The van der Waals surface area contributed by atoms with E-state index >= 15 is 4.80 Å². The van der Waals surface area contributed by atoms with Gasteiger partial charge in [-0.15, -0.1) is 0 Å². The van der Waals surface area contributed by atoms with Crippen molar-refractivity contribution < 1.29 is 205 Å². The second-order valence-corrected chi connectivity index (χ2v) is 294. The molecule has 7 atom stereocenters. The fourth-order valence-corrected chi connectivity index (χ4v) is 919. The summed E-state index contributed by atoms with van der Waals surface area (Å²) in [4.78, 5) is 382. The van der Waals surface area contributed by atoms with Gasteiger partial charge in [-0.05, 0) is 58.4 Å². The van der Waals surface area contributed by atoms with Gasteiger partial charge in [0.2, 0.25) is 88.6 Å². The minimum Gasteiger partial charge on any atom is -0.442 e. The monoisotopic (exact) mass is 2410 g/mol. The van der Waals surface area contributed by atoms with Crippen LogP contribution in [0.5, 0.6) is 0 Å². The summed E-state index contributed by atoms with van der Waals surface area (Å²) in [5.41, 5.74) is 0. The summed E-state index contributed by atoms with van der Waals surface area (Å²) < 4.78 is 120. The maximum Gasteiger partial charge on any atom is 0.338 e. The van der Waals surface area contributed by atoms with Crippen molar-refractivity contribution >= 4 is 397 Å². The van der Waals surface area contributed by atoms with E-state index in [4.69, 9.17) is 65.8 Å². The number of hydrogen-bond donors (Lipinski definition) is 29. The van der Waals surface area contributed by atoms with Crippen LogP contribution >= 0.6 is 0 Å². The zero-order chi connectivity index (χ0) is 87.6. The van der Waals surface area contributed by atoms with E-state index in [1.807, 2.05) is 0 Å². The molecule has 0 saturated carbocycles. The third-order valence-electron chi connectivity index (χ3n) is 20.7. The van der Waals surface area contributed by atoms with Gasteiger partial charge in [-0.1, -0.05) is 84.2 Å². The molecule has 0 amide bonds. The Morgan fingerprint density at radius 1 is 0.283 bits per heavy atom. The highest BCUT2D eigenvalue weighted by Gasteiger charge is 3.03.